The van der Waals surface area contributed by atoms with E-state index in [1.54, 1.807) is 47.5 Å². The number of benzene rings is 1. The van der Waals surface area contributed by atoms with E-state index in [-0.39, 0.29) is 23.8 Å². The molecule has 8 nitrogen and oxygen atoms in total. The van der Waals surface area contributed by atoms with Crippen molar-refractivity contribution in [3.8, 4) is 11.5 Å². The maximum atomic E-state index is 13.0. The van der Waals surface area contributed by atoms with E-state index in [4.69, 9.17) is 14.2 Å². The summed E-state index contributed by atoms with van der Waals surface area (Å²) in [5, 5.41) is 10.6. The van der Waals surface area contributed by atoms with Gasteiger partial charge in [-0.05, 0) is 61.1 Å². The Morgan fingerprint density at radius 3 is 2.45 bits per heavy atom. The van der Waals surface area contributed by atoms with Gasteiger partial charge in [0.05, 0.1) is 25.9 Å². The van der Waals surface area contributed by atoms with E-state index in [1.807, 2.05) is 0 Å². The monoisotopic (exact) mass is 426 g/mol. The molecule has 1 aliphatic heterocycles. The summed E-state index contributed by atoms with van der Waals surface area (Å²) in [6.45, 7) is 1.18. The number of aliphatic hydroxyl groups excluding tert-OH is 1. The van der Waals surface area contributed by atoms with Crippen LogP contribution in [-0.2, 0) is 4.74 Å². The molecular formula is C23H26N2O6. The number of ether oxygens (including phenoxy) is 3. The van der Waals surface area contributed by atoms with Crippen LogP contribution in [-0.4, -0.2) is 66.4 Å². The largest absolute Gasteiger partial charge is 0.494 e. The van der Waals surface area contributed by atoms with E-state index in [0.29, 0.717) is 48.7 Å². The second-order valence-corrected chi connectivity index (χ2v) is 8.00. The summed E-state index contributed by atoms with van der Waals surface area (Å²) in [5.41, 5.74) is 0.747. The predicted octanol–water partition coefficient (Wildman–Crippen LogP) is 2.17. The summed E-state index contributed by atoms with van der Waals surface area (Å²) in [6.07, 6.45) is 1.80. The molecule has 1 saturated carbocycles. The molecule has 4 rings (SSSR count). The minimum absolute atomic E-state index is 0.155. The lowest BCUT2D eigenvalue weighted by molar-refractivity contribution is -0.0231. The lowest BCUT2D eigenvalue weighted by Gasteiger charge is -2.35. The first-order valence-corrected chi connectivity index (χ1v) is 10.3. The Kier molecular flexibility index (Phi) is 6.08. The van der Waals surface area contributed by atoms with Crippen molar-refractivity contribution in [1.29, 1.82) is 0 Å². The zero-order valence-electron chi connectivity index (χ0n) is 17.6. The number of aromatic nitrogens is 1. The van der Waals surface area contributed by atoms with Crippen molar-refractivity contribution in [1.82, 2.24) is 9.88 Å². The minimum atomic E-state index is -0.624. The second-order valence-electron chi connectivity index (χ2n) is 8.00. The zero-order valence-corrected chi connectivity index (χ0v) is 17.6. The number of hydrogen-bond donors (Lipinski definition) is 1. The van der Waals surface area contributed by atoms with Gasteiger partial charge in [-0.1, -0.05) is 0 Å². The number of fused-ring (bicyclic) bond motifs is 1. The number of amides is 1. The topological polar surface area (TPSA) is 98.2 Å². The normalized spacial score (nSPS) is 24.9. The van der Waals surface area contributed by atoms with Gasteiger partial charge in [-0.25, -0.2) is 9.78 Å². The Morgan fingerprint density at radius 1 is 1.06 bits per heavy atom. The summed E-state index contributed by atoms with van der Waals surface area (Å²) in [5.74, 6) is 0.930. The van der Waals surface area contributed by atoms with Crippen LogP contribution >= 0.6 is 0 Å². The van der Waals surface area contributed by atoms with Crippen molar-refractivity contribution < 1.29 is 28.9 Å². The highest BCUT2D eigenvalue weighted by atomic mass is 16.5. The van der Waals surface area contributed by atoms with Gasteiger partial charge in [0.25, 0.3) is 5.91 Å². The van der Waals surface area contributed by atoms with Crippen molar-refractivity contribution in [2.75, 3.05) is 27.3 Å². The molecule has 31 heavy (non-hydrogen) atoms. The van der Waals surface area contributed by atoms with Gasteiger partial charge in [0.1, 0.15) is 17.6 Å². The van der Waals surface area contributed by atoms with Crippen molar-refractivity contribution >= 4 is 11.9 Å². The predicted molar refractivity (Wildman–Crippen MR) is 111 cm³/mol. The van der Waals surface area contributed by atoms with Crippen LogP contribution in [0.3, 0.4) is 0 Å². The Bertz CT molecular complexity index is 947. The highest BCUT2D eigenvalue weighted by molar-refractivity contribution is 5.95. The first kappa shape index (κ1) is 21.1. The van der Waals surface area contributed by atoms with Gasteiger partial charge in [-0.15, -0.1) is 0 Å². The second kappa shape index (κ2) is 8.93. The Labute approximate surface area is 180 Å². The molecule has 0 radical (unpaired) electrons. The van der Waals surface area contributed by atoms with Crippen molar-refractivity contribution in [2.45, 2.75) is 25.0 Å². The van der Waals surface area contributed by atoms with Crippen molar-refractivity contribution in [2.24, 2.45) is 11.8 Å². The van der Waals surface area contributed by atoms with E-state index in [1.165, 1.54) is 14.2 Å². The van der Waals surface area contributed by atoms with Crippen molar-refractivity contribution in [3.63, 3.8) is 0 Å². The fraction of sp³-hybridized carbons (Fsp3) is 0.435. The van der Waals surface area contributed by atoms with Gasteiger partial charge in [0.15, 0.2) is 5.69 Å². The molecule has 8 heteroatoms. The summed E-state index contributed by atoms with van der Waals surface area (Å²) < 4.78 is 16.0. The van der Waals surface area contributed by atoms with Crippen LogP contribution in [0.15, 0.2) is 42.6 Å². The van der Waals surface area contributed by atoms with Gasteiger partial charge < -0.3 is 24.2 Å². The average Bonchev–Trinajstić information content (AvgIpc) is 3.21. The lowest BCUT2D eigenvalue weighted by atomic mass is 9.78. The maximum absolute atomic E-state index is 13.0. The highest BCUT2D eigenvalue weighted by Crippen LogP contribution is 2.38. The molecule has 0 unspecified atom stereocenters. The number of carbonyl (C=O) groups is 2. The molecule has 2 heterocycles. The number of esters is 1. The third kappa shape index (κ3) is 4.34. The number of carbonyl (C=O) groups excluding carboxylic acids is 2. The molecule has 164 valence electrons. The van der Waals surface area contributed by atoms with Crippen LogP contribution in [0.4, 0.5) is 0 Å². The van der Waals surface area contributed by atoms with Gasteiger partial charge in [0, 0.05) is 19.3 Å². The minimum Gasteiger partial charge on any atom is -0.494 e. The van der Waals surface area contributed by atoms with E-state index in [0.717, 1.165) is 0 Å². The van der Waals surface area contributed by atoms with E-state index in [9.17, 15) is 14.7 Å². The number of pyridine rings is 1. The first-order valence-electron chi connectivity index (χ1n) is 10.3. The number of methoxy groups -OCH3 is 2. The van der Waals surface area contributed by atoms with Crippen LogP contribution in [0, 0.1) is 11.8 Å². The highest BCUT2D eigenvalue weighted by Gasteiger charge is 2.44. The van der Waals surface area contributed by atoms with Crippen LogP contribution < -0.4 is 9.47 Å². The third-order valence-electron chi connectivity index (χ3n) is 6.13. The first-order chi connectivity index (χ1) is 15.0. The number of nitrogens with zero attached hydrogens (tertiary/aromatic N) is 2. The molecule has 2 aliphatic rings. The molecule has 1 N–H and O–H groups in total. The van der Waals surface area contributed by atoms with Gasteiger partial charge >= 0.3 is 5.97 Å². The fourth-order valence-electron chi connectivity index (χ4n) is 4.51. The Balaban J connectivity index is 1.41. The summed E-state index contributed by atoms with van der Waals surface area (Å²) >= 11 is 0. The molecule has 4 atom stereocenters. The average molecular weight is 426 g/mol. The van der Waals surface area contributed by atoms with Crippen LogP contribution in [0.25, 0.3) is 0 Å². The number of rotatable bonds is 5. The summed E-state index contributed by atoms with van der Waals surface area (Å²) in [7, 11) is 2.86. The number of aliphatic hydroxyl groups is 1. The maximum Gasteiger partial charge on any atom is 0.337 e. The van der Waals surface area contributed by atoms with Crippen LogP contribution in [0.2, 0.25) is 0 Å². The molecule has 0 spiro atoms. The summed E-state index contributed by atoms with van der Waals surface area (Å²) in [6, 6.07) is 10.1. The zero-order chi connectivity index (χ0) is 22.0. The molecule has 0 bridgehead atoms. The molecule has 2 fully saturated rings. The number of hydrogen-bond acceptors (Lipinski definition) is 7. The molecule has 1 saturated heterocycles. The fourth-order valence-corrected chi connectivity index (χ4v) is 4.51. The van der Waals surface area contributed by atoms with Gasteiger partial charge in [-0.3, -0.25) is 4.79 Å². The van der Waals surface area contributed by atoms with E-state index >= 15 is 0 Å². The smallest absolute Gasteiger partial charge is 0.337 e. The quantitative estimate of drug-likeness (QED) is 0.732. The van der Waals surface area contributed by atoms with E-state index < -0.39 is 12.1 Å². The molecule has 2 aromatic rings. The SMILES string of the molecule is COC(=O)c1ccc(O[C@@H]2C[C@@H]3CN(C(=O)c4ncccc4OC)C[C@@H]3C[C@H]2O)cc1. The molecule has 1 aromatic heterocycles. The third-order valence-corrected chi connectivity index (χ3v) is 6.13. The Morgan fingerprint density at radius 2 is 1.77 bits per heavy atom. The standard InChI is InChI=1S/C23H26N2O6/c1-29-19-4-3-9-24-21(19)22(27)25-12-15-10-18(26)20(11-16(15)13-25)31-17-7-5-14(6-8-17)23(28)30-2/h3-9,15-16,18,20,26H,10-13H2,1-2H3/t15-,16+,18+,20+/m0/s1. The van der Waals surface area contributed by atoms with Crippen molar-refractivity contribution in [3.05, 3.63) is 53.9 Å². The lowest BCUT2D eigenvalue weighted by Crippen LogP contribution is -2.42. The number of likely N-dealkylation sites (tertiary alicyclic amines) is 1. The molecular weight excluding hydrogens is 400 g/mol. The molecule has 1 aliphatic carbocycles. The summed E-state index contributed by atoms with van der Waals surface area (Å²) in [4.78, 5) is 30.6. The Hall–Kier alpha value is -3.13. The van der Waals surface area contributed by atoms with Crippen LogP contribution in [0.5, 0.6) is 11.5 Å². The van der Waals surface area contributed by atoms with Crippen LogP contribution in [0.1, 0.15) is 33.7 Å². The van der Waals surface area contributed by atoms with E-state index in [2.05, 4.69) is 4.98 Å². The van der Waals surface area contributed by atoms with Gasteiger partial charge in [0.2, 0.25) is 0 Å². The van der Waals surface area contributed by atoms with Gasteiger partial charge in [-0.2, -0.15) is 0 Å². The molecule has 1 aromatic carbocycles. The molecule has 1 amide bonds.